The molecule has 1 aliphatic rings. The fourth-order valence-electron chi connectivity index (χ4n) is 3.72. The number of amides is 2. The van der Waals surface area contributed by atoms with Crippen LogP contribution < -0.4 is 0 Å². The quantitative estimate of drug-likeness (QED) is 0.281. The Morgan fingerprint density at radius 2 is 1.52 bits per heavy atom. The zero-order valence-electron chi connectivity index (χ0n) is 23.4. The molecule has 1 aromatic carbocycles. The second-order valence-electron chi connectivity index (χ2n) is 8.97. The molecule has 224 valence electrons. The number of ether oxygens (including phenoxy) is 4. The minimum atomic E-state index is -1.41. The highest BCUT2D eigenvalue weighted by Crippen LogP contribution is 2.32. The van der Waals surface area contributed by atoms with Crippen LogP contribution in [0.1, 0.15) is 34.6 Å². The second kappa shape index (κ2) is 13.9. The van der Waals surface area contributed by atoms with Crippen LogP contribution >= 0.6 is 15.9 Å². The molecule has 16 heteroatoms. The minimum absolute atomic E-state index is 0.0318. The van der Waals surface area contributed by atoms with Gasteiger partial charge in [-0.05, 0) is 48.8 Å². The summed E-state index contributed by atoms with van der Waals surface area (Å²) in [6.07, 6.45) is -0.932. The number of esters is 4. The minimum Gasteiger partial charge on any atom is -0.451 e. The molecule has 2 aromatic rings. The predicted molar refractivity (Wildman–Crippen MR) is 147 cm³/mol. The van der Waals surface area contributed by atoms with Crippen molar-refractivity contribution in [2.45, 2.75) is 52.9 Å². The third kappa shape index (κ3) is 7.84. The summed E-state index contributed by atoms with van der Waals surface area (Å²) in [6.45, 7) is 5.60. The van der Waals surface area contributed by atoms with Crippen LogP contribution in [0.4, 0.5) is 5.69 Å². The lowest BCUT2D eigenvalue weighted by Crippen LogP contribution is -2.44. The molecule has 42 heavy (non-hydrogen) atoms. The van der Waals surface area contributed by atoms with E-state index in [4.69, 9.17) is 14.2 Å². The summed E-state index contributed by atoms with van der Waals surface area (Å²) in [5.74, 6) is -4.80. The second-order valence-corrected chi connectivity index (χ2v) is 9.76. The average Bonchev–Trinajstić information content (AvgIpc) is 3.36. The molecule has 3 atom stereocenters. The Bertz CT molecular complexity index is 1450. The zero-order valence-corrected chi connectivity index (χ0v) is 24.9. The molecule has 0 unspecified atom stereocenters. The van der Waals surface area contributed by atoms with Gasteiger partial charge in [0.2, 0.25) is 11.9 Å². The fourth-order valence-corrected chi connectivity index (χ4v) is 4.25. The van der Waals surface area contributed by atoms with Crippen LogP contribution in [0, 0.1) is 0 Å². The molecular weight excluding hydrogens is 622 g/mol. The third-order valence-corrected chi connectivity index (χ3v) is 6.52. The first-order chi connectivity index (χ1) is 19.8. The molecule has 0 aliphatic carbocycles. The van der Waals surface area contributed by atoms with Gasteiger partial charge in [-0.2, -0.15) is 0 Å². The maximum Gasteiger partial charge on any atom is 0.347 e. The standard InChI is InChI=1S/C26H28BrN5O10/c1-13(41-20(35)12-39-24(37)14(2)42-25(38)15(3)40-17(5)34)23(36)32-11-10-31(16(4)33)26(32)30-18-6-7-19-22(21(18)27)29-9-8-28-19/h6-9,13-15H,10-12H2,1-5H3/b30-26+/t13-,14-,15-/m0/s1. The van der Waals surface area contributed by atoms with Crippen molar-refractivity contribution >= 4 is 74.3 Å². The molecule has 15 nitrogen and oxygen atoms in total. The Hall–Kier alpha value is -4.47. The van der Waals surface area contributed by atoms with Crippen LogP contribution in [0.2, 0.25) is 0 Å². The lowest BCUT2D eigenvalue weighted by molar-refractivity contribution is -0.179. The summed E-state index contributed by atoms with van der Waals surface area (Å²) < 4.78 is 20.0. The van der Waals surface area contributed by atoms with E-state index in [-0.39, 0.29) is 25.0 Å². The number of rotatable bonds is 9. The number of carbonyl (C=O) groups excluding carboxylic acids is 6. The largest absolute Gasteiger partial charge is 0.451 e. The molecule has 1 aliphatic heterocycles. The Kier molecular flexibility index (Phi) is 10.6. The number of halogens is 1. The zero-order chi connectivity index (χ0) is 31.1. The van der Waals surface area contributed by atoms with Crippen LogP contribution in [0.3, 0.4) is 0 Å². The number of benzene rings is 1. The van der Waals surface area contributed by atoms with E-state index in [1.807, 2.05) is 0 Å². The van der Waals surface area contributed by atoms with Crippen LogP contribution in [0.25, 0.3) is 11.0 Å². The summed E-state index contributed by atoms with van der Waals surface area (Å²) in [6, 6.07) is 3.35. The van der Waals surface area contributed by atoms with Crippen LogP contribution in [-0.4, -0.2) is 99.4 Å². The van der Waals surface area contributed by atoms with Gasteiger partial charge in [0, 0.05) is 39.3 Å². The van der Waals surface area contributed by atoms with E-state index in [0.717, 1.165) is 6.92 Å². The van der Waals surface area contributed by atoms with E-state index in [2.05, 4.69) is 35.6 Å². The molecule has 0 N–H and O–H groups in total. The molecule has 1 fully saturated rings. The van der Waals surface area contributed by atoms with Gasteiger partial charge in [-0.3, -0.25) is 34.2 Å². The first-order valence-electron chi connectivity index (χ1n) is 12.6. The van der Waals surface area contributed by atoms with E-state index < -0.39 is 54.7 Å². The lowest BCUT2D eigenvalue weighted by Gasteiger charge is -2.23. The topological polar surface area (TPSA) is 184 Å². The van der Waals surface area contributed by atoms with Crippen LogP contribution in [-0.2, 0) is 47.7 Å². The molecule has 0 radical (unpaired) electrons. The van der Waals surface area contributed by atoms with E-state index in [0.29, 0.717) is 21.2 Å². The number of aliphatic imine (C=N–C) groups is 1. The number of carbonyl (C=O) groups is 6. The Morgan fingerprint density at radius 3 is 2.19 bits per heavy atom. The van der Waals surface area contributed by atoms with Crippen molar-refractivity contribution in [2.24, 2.45) is 4.99 Å². The Labute approximate surface area is 248 Å². The van der Waals surface area contributed by atoms with Crippen LogP contribution in [0.5, 0.6) is 0 Å². The van der Waals surface area contributed by atoms with Crippen molar-refractivity contribution in [1.29, 1.82) is 0 Å². The maximum atomic E-state index is 13.2. The first kappa shape index (κ1) is 32.0. The van der Waals surface area contributed by atoms with Crippen LogP contribution in [0.15, 0.2) is 34.0 Å². The fraction of sp³-hybridized carbons (Fsp3) is 0.423. The van der Waals surface area contributed by atoms with Crippen molar-refractivity contribution < 1.29 is 47.7 Å². The number of guanidine groups is 1. The van der Waals surface area contributed by atoms with E-state index >= 15 is 0 Å². The van der Waals surface area contributed by atoms with E-state index in [9.17, 15) is 28.8 Å². The number of nitrogens with zero attached hydrogens (tertiary/aromatic N) is 5. The third-order valence-electron chi connectivity index (χ3n) is 5.74. The van der Waals surface area contributed by atoms with Gasteiger partial charge in [0.15, 0.2) is 24.9 Å². The van der Waals surface area contributed by atoms with E-state index in [1.54, 1.807) is 18.3 Å². The van der Waals surface area contributed by atoms with Gasteiger partial charge >= 0.3 is 23.9 Å². The molecule has 0 spiro atoms. The summed E-state index contributed by atoms with van der Waals surface area (Å²) in [5, 5.41) is 0. The van der Waals surface area contributed by atoms with Crippen molar-refractivity contribution in [3.63, 3.8) is 0 Å². The lowest BCUT2D eigenvalue weighted by atomic mass is 10.2. The van der Waals surface area contributed by atoms with Gasteiger partial charge in [0.05, 0.1) is 15.7 Å². The summed E-state index contributed by atoms with van der Waals surface area (Å²) in [5.41, 5.74) is 1.53. The highest BCUT2D eigenvalue weighted by Gasteiger charge is 2.37. The van der Waals surface area contributed by atoms with E-state index in [1.165, 1.54) is 43.7 Å². The van der Waals surface area contributed by atoms with Gasteiger partial charge in [-0.15, -0.1) is 0 Å². The number of hydrogen-bond acceptors (Lipinski definition) is 13. The summed E-state index contributed by atoms with van der Waals surface area (Å²) in [7, 11) is 0. The molecule has 0 saturated carbocycles. The van der Waals surface area contributed by atoms with Gasteiger partial charge < -0.3 is 18.9 Å². The Balaban J connectivity index is 1.64. The molecule has 0 bridgehead atoms. The SMILES string of the molecule is CC(=O)O[C@@H](C)C(=O)O[C@@H](C)C(=O)OCC(=O)O[C@@H](C)C(=O)N1CCN(C(C)=O)/C1=N\c1ccc2nccnc2c1Br. The molecule has 2 amide bonds. The summed E-state index contributed by atoms with van der Waals surface area (Å²) >= 11 is 3.46. The van der Waals surface area contributed by atoms with Crippen molar-refractivity contribution in [2.75, 3.05) is 19.7 Å². The highest BCUT2D eigenvalue weighted by atomic mass is 79.9. The maximum absolute atomic E-state index is 13.2. The molecular formula is C26H28BrN5O10. The first-order valence-corrected chi connectivity index (χ1v) is 13.4. The molecule has 3 rings (SSSR count). The molecule has 1 saturated heterocycles. The predicted octanol–water partition coefficient (Wildman–Crippen LogP) is 1.43. The van der Waals surface area contributed by atoms with Gasteiger partial charge in [-0.1, -0.05) is 0 Å². The van der Waals surface area contributed by atoms with Crippen molar-refractivity contribution in [1.82, 2.24) is 19.8 Å². The van der Waals surface area contributed by atoms with Gasteiger partial charge in [0.25, 0.3) is 5.91 Å². The van der Waals surface area contributed by atoms with Crippen molar-refractivity contribution in [3.8, 4) is 0 Å². The van der Waals surface area contributed by atoms with Gasteiger partial charge in [0.1, 0.15) is 5.52 Å². The summed E-state index contributed by atoms with van der Waals surface area (Å²) in [4.78, 5) is 88.4. The van der Waals surface area contributed by atoms with Crippen molar-refractivity contribution in [3.05, 3.63) is 29.0 Å². The number of aromatic nitrogens is 2. The average molecular weight is 650 g/mol. The molecule has 1 aromatic heterocycles. The normalized spacial score (nSPS) is 16.0. The number of fused-ring (bicyclic) bond motifs is 1. The monoisotopic (exact) mass is 649 g/mol. The highest BCUT2D eigenvalue weighted by molar-refractivity contribution is 9.10. The van der Waals surface area contributed by atoms with Gasteiger partial charge in [-0.25, -0.2) is 19.4 Å². The smallest absolute Gasteiger partial charge is 0.347 e. The Morgan fingerprint density at radius 1 is 0.881 bits per heavy atom. The number of hydrogen-bond donors (Lipinski definition) is 0. The molecule has 2 heterocycles.